The summed E-state index contributed by atoms with van der Waals surface area (Å²) < 4.78 is 2.47. The Bertz CT molecular complexity index is 1080. The van der Waals surface area contributed by atoms with Gasteiger partial charge >= 0.3 is 0 Å². The Morgan fingerprint density at radius 2 is 1.93 bits per heavy atom. The number of aromatic nitrogens is 2. The molecule has 158 valence electrons. The molecule has 7 heteroatoms. The van der Waals surface area contributed by atoms with Crippen LogP contribution in [0.3, 0.4) is 0 Å². The average Bonchev–Trinajstić information content (AvgIpc) is 2.74. The minimum Gasteiger partial charge on any atom is -0.353 e. The van der Waals surface area contributed by atoms with Gasteiger partial charge in [0, 0.05) is 17.1 Å². The molecule has 0 saturated carbocycles. The van der Waals surface area contributed by atoms with Crippen LogP contribution in [-0.2, 0) is 17.8 Å². The maximum atomic E-state index is 12.9. The summed E-state index contributed by atoms with van der Waals surface area (Å²) in [4.78, 5) is 30.2. The first-order valence-electron chi connectivity index (χ1n) is 10.1. The van der Waals surface area contributed by atoms with Gasteiger partial charge in [-0.05, 0) is 57.4 Å². The molecule has 0 aliphatic rings. The number of nitrogens with zero attached hydrogens (tertiary/aromatic N) is 2. The Labute approximate surface area is 189 Å². The van der Waals surface area contributed by atoms with Crippen molar-refractivity contribution in [2.45, 2.75) is 56.6 Å². The molecular formula is C23H26BrN3O2S. The van der Waals surface area contributed by atoms with Gasteiger partial charge in [0.1, 0.15) is 0 Å². The quantitative estimate of drug-likeness (QED) is 0.366. The second kappa shape index (κ2) is 10.3. The van der Waals surface area contributed by atoms with Gasteiger partial charge in [0.25, 0.3) is 5.56 Å². The Hall–Kier alpha value is -2.12. The Kier molecular flexibility index (Phi) is 7.72. The molecule has 2 atom stereocenters. The van der Waals surface area contributed by atoms with Crippen molar-refractivity contribution in [2.24, 2.45) is 0 Å². The van der Waals surface area contributed by atoms with Gasteiger partial charge in [0.05, 0.1) is 16.2 Å². The lowest BCUT2D eigenvalue weighted by molar-refractivity contribution is -0.120. The summed E-state index contributed by atoms with van der Waals surface area (Å²) in [6.07, 6.45) is 1.79. The third-order valence-electron chi connectivity index (χ3n) is 4.95. The first kappa shape index (κ1) is 22.6. The first-order chi connectivity index (χ1) is 14.4. The van der Waals surface area contributed by atoms with Crippen molar-refractivity contribution in [1.29, 1.82) is 0 Å². The van der Waals surface area contributed by atoms with Gasteiger partial charge in [-0.3, -0.25) is 14.2 Å². The second-order valence-electron chi connectivity index (χ2n) is 7.30. The van der Waals surface area contributed by atoms with Crippen molar-refractivity contribution in [2.75, 3.05) is 0 Å². The van der Waals surface area contributed by atoms with E-state index in [1.165, 1.54) is 17.3 Å². The first-order valence-corrected chi connectivity index (χ1v) is 11.8. The molecule has 0 bridgehead atoms. The molecule has 1 aromatic heterocycles. The second-order valence-corrected chi connectivity index (χ2v) is 9.52. The molecular weight excluding hydrogens is 462 g/mol. The van der Waals surface area contributed by atoms with E-state index in [1.54, 1.807) is 10.6 Å². The summed E-state index contributed by atoms with van der Waals surface area (Å²) in [5.74, 6) is -0.0478. The van der Waals surface area contributed by atoms with Gasteiger partial charge in [-0.1, -0.05) is 58.0 Å². The van der Waals surface area contributed by atoms with Crippen LogP contribution in [0, 0.1) is 0 Å². The smallest absolute Gasteiger partial charge is 0.262 e. The minimum absolute atomic E-state index is 0.0478. The summed E-state index contributed by atoms with van der Waals surface area (Å²) in [6.45, 7) is 6.28. The van der Waals surface area contributed by atoms with Crippen molar-refractivity contribution >= 4 is 44.5 Å². The molecule has 1 amide bonds. The van der Waals surface area contributed by atoms with E-state index in [4.69, 9.17) is 0 Å². The fourth-order valence-corrected chi connectivity index (χ4v) is 4.56. The van der Waals surface area contributed by atoms with Crippen LogP contribution in [0.5, 0.6) is 0 Å². The maximum Gasteiger partial charge on any atom is 0.262 e. The van der Waals surface area contributed by atoms with Crippen molar-refractivity contribution in [3.8, 4) is 0 Å². The molecule has 0 fully saturated rings. The molecule has 0 radical (unpaired) electrons. The maximum absolute atomic E-state index is 12.9. The number of aryl methyl sites for hydroxylation is 1. The predicted octanol–water partition coefficient (Wildman–Crippen LogP) is 4.80. The van der Waals surface area contributed by atoms with E-state index < -0.39 is 0 Å². The van der Waals surface area contributed by atoms with Crippen LogP contribution >= 0.6 is 27.7 Å². The number of amides is 1. The number of hydrogen-bond donors (Lipinski definition) is 1. The number of rotatable bonds is 8. The zero-order valence-electron chi connectivity index (χ0n) is 17.4. The average molecular weight is 488 g/mol. The number of hydrogen-bond acceptors (Lipinski definition) is 4. The zero-order chi connectivity index (χ0) is 21.7. The lowest BCUT2D eigenvalue weighted by atomic mass is 10.1. The van der Waals surface area contributed by atoms with E-state index in [9.17, 15) is 9.59 Å². The van der Waals surface area contributed by atoms with E-state index in [0.29, 0.717) is 22.6 Å². The molecule has 2 unspecified atom stereocenters. The van der Waals surface area contributed by atoms with E-state index in [-0.39, 0.29) is 22.8 Å². The number of nitrogens with one attached hydrogen (secondary N) is 1. The summed E-state index contributed by atoms with van der Waals surface area (Å²) in [6, 6.07) is 15.8. The fourth-order valence-electron chi connectivity index (χ4n) is 3.21. The van der Waals surface area contributed by atoms with E-state index in [1.807, 2.05) is 51.1 Å². The molecule has 1 N–H and O–H groups in total. The molecule has 0 aliphatic carbocycles. The van der Waals surface area contributed by atoms with Crippen LogP contribution in [0.25, 0.3) is 10.9 Å². The van der Waals surface area contributed by atoms with Crippen LogP contribution in [-0.4, -0.2) is 26.8 Å². The van der Waals surface area contributed by atoms with Gasteiger partial charge in [0.2, 0.25) is 5.91 Å². The fraction of sp³-hybridized carbons (Fsp3) is 0.348. The highest BCUT2D eigenvalue weighted by Crippen LogP contribution is 2.24. The Balaban J connectivity index is 1.68. The van der Waals surface area contributed by atoms with Crippen molar-refractivity contribution in [1.82, 2.24) is 14.9 Å². The zero-order valence-corrected chi connectivity index (χ0v) is 19.8. The monoisotopic (exact) mass is 487 g/mol. The molecule has 2 aromatic carbocycles. The number of thioether (sulfide) groups is 1. The lowest BCUT2D eigenvalue weighted by Crippen LogP contribution is -2.38. The molecule has 5 nitrogen and oxygen atoms in total. The molecule has 1 heterocycles. The summed E-state index contributed by atoms with van der Waals surface area (Å²) in [7, 11) is 0. The van der Waals surface area contributed by atoms with Gasteiger partial charge < -0.3 is 5.32 Å². The van der Waals surface area contributed by atoms with E-state index in [0.717, 1.165) is 17.3 Å². The van der Waals surface area contributed by atoms with E-state index >= 15 is 0 Å². The molecule has 0 saturated heterocycles. The summed E-state index contributed by atoms with van der Waals surface area (Å²) >= 11 is 4.73. The third-order valence-corrected chi connectivity index (χ3v) is 6.53. The molecule has 0 aliphatic heterocycles. The summed E-state index contributed by atoms with van der Waals surface area (Å²) in [5, 5.41) is 3.86. The lowest BCUT2D eigenvalue weighted by Gasteiger charge is -2.18. The van der Waals surface area contributed by atoms with Crippen molar-refractivity contribution in [3.63, 3.8) is 0 Å². The highest BCUT2D eigenvalue weighted by molar-refractivity contribution is 9.10. The van der Waals surface area contributed by atoms with Crippen LogP contribution in [0.15, 0.2) is 63.0 Å². The number of carbonyl (C=O) groups is 1. The molecule has 30 heavy (non-hydrogen) atoms. The Morgan fingerprint density at radius 1 is 1.20 bits per heavy atom. The Morgan fingerprint density at radius 3 is 2.63 bits per heavy atom. The molecule has 3 aromatic rings. The highest BCUT2D eigenvalue weighted by atomic mass is 79.9. The summed E-state index contributed by atoms with van der Waals surface area (Å²) in [5.41, 5.74) is 1.81. The normalized spacial score (nSPS) is 13.2. The van der Waals surface area contributed by atoms with Crippen LogP contribution in [0.2, 0.25) is 0 Å². The van der Waals surface area contributed by atoms with Crippen LogP contribution in [0.1, 0.15) is 32.8 Å². The van der Waals surface area contributed by atoms with Gasteiger partial charge in [0.15, 0.2) is 5.16 Å². The number of carbonyl (C=O) groups excluding carboxylic acids is 1. The van der Waals surface area contributed by atoms with Gasteiger partial charge in [-0.25, -0.2) is 4.98 Å². The van der Waals surface area contributed by atoms with E-state index in [2.05, 4.69) is 38.4 Å². The van der Waals surface area contributed by atoms with Gasteiger partial charge in [-0.2, -0.15) is 0 Å². The molecule has 0 spiro atoms. The van der Waals surface area contributed by atoms with Crippen LogP contribution in [0.4, 0.5) is 0 Å². The van der Waals surface area contributed by atoms with Crippen LogP contribution < -0.4 is 10.9 Å². The predicted molar refractivity (Wildman–Crippen MR) is 127 cm³/mol. The van der Waals surface area contributed by atoms with Crippen molar-refractivity contribution < 1.29 is 4.79 Å². The third kappa shape index (κ3) is 5.52. The number of halogens is 1. The van der Waals surface area contributed by atoms with Crippen molar-refractivity contribution in [3.05, 3.63) is 68.9 Å². The number of fused-ring (bicyclic) bond motifs is 1. The number of benzene rings is 2. The molecule has 3 rings (SSSR count). The minimum atomic E-state index is -0.359. The van der Waals surface area contributed by atoms with Gasteiger partial charge in [-0.15, -0.1) is 0 Å². The largest absolute Gasteiger partial charge is 0.353 e. The SMILES string of the molecule is CCn1c(SC(C)C(=O)NC(C)CCc2ccccc2)nc2ccc(Br)cc2c1=O. The topological polar surface area (TPSA) is 64.0 Å². The highest BCUT2D eigenvalue weighted by Gasteiger charge is 2.20. The standard InChI is InChI=1S/C23H26BrN3O2S/c1-4-27-22(29)19-14-18(24)12-13-20(19)26-23(27)30-16(3)21(28)25-15(2)10-11-17-8-6-5-7-9-17/h5-9,12-16H,4,10-11H2,1-3H3,(H,25,28).